The minimum absolute atomic E-state index is 0.142. The fourth-order valence-electron chi connectivity index (χ4n) is 5.20. The van der Waals surface area contributed by atoms with E-state index in [9.17, 15) is 24.8 Å². The molecule has 0 amide bonds. The van der Waals surface area contributed by atoms with Gasteiger partial charge in [-0.2, -0.15) is 15.4 Å². The molecule has 5 rings (SSSR count). The topological polar surface area (TPSA) is 213 Å². The third kappa shape index (κ3) is 6.57. The lowest BCUT2D eigenvalue weighted by Crippen LogP contribution is -2.46. The van der Waals surface area contributed by atoms with E-state index >= 15 is 0 Å². The molecule has 44 heavy (non-hydrogen) atoms. The van der Waals surface area contributed by atoms with Crippen LogP contribution in [0.25, 0.3) is 5.52 Å². The summed E-state index contributed by atoms with van der Waals surface area (Å²) in [6, 6.07) is 11.9. The van der Waals surface area contributed by atoms with Crippen LogP contribution < -0.4 is 15.3 Å². The highest BCUT2D eigenvalue weighted by Gasteiger charge is 2.57. The van der Waals surface area contributed by atoms with Crippen molar-refractivity contribution in [3.05, 3.63) is 54.5 Å². The zero-order chi connectivity index (χ0) is 31.7. The molecule has 2 aliphatic rings. The highest BCUT2D eigenvalue weighted by Crippen LogP contribution is 2.48. The maximum atomic E-state index is 14.1. The van der Waals surface area contributed by atoms with Crippen LogP contribution in [-0.4, -0.2) is 79.6 Å². The van der Waals surface area contributed by atoms with E-state index in [1.165, 1.54) is 29.9 Å². The number of aliphatic hydroxyl groups is 2. The van der Waals surface area contributed by atoms with Crippen LogP contribution in [-0.2, 0) is 28.1 Å². The molecule has 0 bridgehead atoms. The van der Waals surface area contributed by atoms with E-state index in [0.29, 0.717) is 25.0 Å². The Kier molecular flexibility index (Phi) is 8.97. The number of fused-ring (bicyclic) bond motifs is 1. The van der Waals surface area contributed by atoms with Crippen LogP contribution in [0.5, 0.6) is 5.75 Å². The zero-order valence-corrected chi connectivity index (χ0v) is 25.3. The molecule has 2 aromatic heterocycles. The van der Waals surface area contributed by atoms with E-state index in [-0.39, 0.29) is 17.3 Å². The van der Waals surface area contributed by atoms with Gasteiger partial charge in [-0.15, -0.1) is 0 Å². The summed E-state index contributed by atoms with van der Waals surface area (Å²) in [5, 5.41) is 38.8. The van der Waals surface area contributed by atoms with Gasteiger partial charge in [0.25, 0.3) is 0 Å². The van der Waals surface area contributed by atoms with Gasteiger partial charge in [-0.1, -0.05) is 18.2 Å². The van der Waals surface area contributed by atoms with Crippen LogP contribution in [0, 0.1) is 11.3 Å². The molecule has 0 saturated carbocycles. The number of nitriles is 1. The molecule has 4 heterocycles. The lowest BCUT2D eigenvalue weighted by molar-refractivity contribution is -0.163. The Morgan fingerprint density at radius 3 is 2.75 bits per heavy atom. The van der Waals surface area contributed by atoms with Crippen molar-refractivity contribution in [2.24, 2.45) is 0 Å². The number of carbonyl (C=O) groups is 1. The largest absolute Gasteiger partial charge is 0.461 e. The van der Waals surface area contributed by atoms with Gasteiger partial charge in [0.15, 0.2) is 5.82 Å². The number of anilines is 1. The summed E-state index contributed by atoms with van der Waals surface area (Å²) >= 11 is 0. The number of nitrogens with zero attached hydrogens (tertiary/aromatic N) is 4. The van der Waals surface area contributed by atoms with Crippen LogP contribution in [0.2, 0.25) is 0 Å². The molecule has 2 saturated heterocycles. The lowest BCUT2D eigenvalue weighted by atomic mass is 9.96. The van der Waals surface area contributed by atoms with Gasteiger partial charge in [0.05, 0.1) is 17.9 Å². The fourth-order valence-corrected chi connectivity index (χ4v) is 6.72. The number of nitrogens with two attached hydrogens (primary N) is 1. The van der Waals surface area contributed by atoms with Crippen molar-refractivity contribution in [1.29, 1.82) is 5.26 Å². The van der Waals surface area contributed by atoms with E-state index in [4.69, 9.17) is 29.0 Å². The number of hydrogen-bond acceptors (Lipinski definition) is 13. The second-order valence-corrected chi connectivity index (χ2v) is 13.1. The predicted octanol–water partition coefficient (Wildman–Crippen LogP) is 2.05. The molecule has 0 radical (unpaired) electrons. The molecule has 15 nitrogen and oxygen atoms in total. The number of aromatic nitrogens is 3. The molecule has 236 valence electrons. The smallest absolute Gasteiger partial charge is 0.459 e. The van der Waals surface area contributed by atoms with E-state index in [0.717, 1.165) is 0 Å². The first-order valence-electron chi connectivity index (χ1n) is 14.0. The fraction of sp³-hybridized carbons (Fsp3) is 0.500. The van der Waals surface area contributed by atoms with Crippen LogP contribution in [0.4, 0.5) is 5.82 Å². The monoisotopic (exact) mass is 630 g/mol. The van der Waals surface area contributed by atoms with E-state index in [1.54, 1.807) is 30.3 Å². The van der Waals surface area contributed by atoms with Gasteiger partial charge < -0.3 is 34.7 Å². The van der Waals surface area contributed by atoms with Gasteiger partial charge in [-0.3, -0.25) is 9.32 Å². The number of esters is 1. The number of ether oxygens (including phenoxy) is 3. The summed E-state index contributed by atoms with van der Waals surface area (Å²) in [4.78, 5) is 16.9. The maximum absolute atomic E-state index is 14.1. The van der Waals surface area contributed by atoms with Crippen molar-refractivity contribution >= 4 is 25.1 Å². The second kappa shape index (κ2) is 12.4. The molecular formula is C28H35N6O9P. The summed E-state index contributed by atoms with van der Waals surface area (Å²) in [7, 11) is -4.45. The number of benzene rings is 1. The number of rotatable bonds is 10. The standard InChI is InChI=1S/C28H35N6O9P/c1-17(26(37)41-19-11-12-39-27(2,3)13-19)33-44(38,43-18-7-5-4-6-8-18)40-15-28(14-29)24(36)22(35)23(42-28)20-9-10-21-25(30)31-16-32-34(20)21/h4-10,16-17,19,22-24,35-36H,11-13,15H2,1-3H3,(H,33,38)(H2,30,31,32)/t17?,19?,22-,23-,24-,28+,44?/m0/s1. The van der Waals surface area contributed by atoms with Crippen molar-refractivity contribution < 1.29 is 42.8 Å². The molecule has 3 unspecified atom stereocenters. The first-order valence-corrected chi connectivity index (χ1v) is 15.5. The highest BCUT2D eigenvalue weighted by molar-refractivity contribution is 7.52. The van der Waals surface area contributed by atoms with Gasteiger partial charge in [-0.25, -0.2) is 14.1 Å². The average Bonchev–Trinajstić information content (AvgIpc) is 3.52. The molecule has 0 spiro atoms. The summed E-state index contributed by atoms with van der Waals surface area (Å²) in [6.07, 6.45) is -2.85. The minimum atomic E-state index is -4.45. The van der Waals surface area contributed by atoms with Crippen molar-refractivity contribution in [2.75, 3.05) is 18.9 Å². The van der Waals surface area contributed by atoms with E-state index < -0.39 is 62.0 Å². The Morgan fingerprint density at radius 1 is 1.30 bits per heavy atom. The molecule has 3 aromatic rings. The molecule has 2 fully saturated rings. The second-order valence-electron chi connectivity index (χ2n) is 11.4. The van der Waals surface area contributed by atoms with Crippen LogP contribution >= 0.6 is 7.75 Å². The van der Waals surface area contributed by atoms with Crippen molar-refractivity contribution in [1.82, 2.24) is 19.7 Å². The first kappa shape index (κ1) is 31.8. The number of nitrogen functional groups attached to an aromatic ring is 1. The van der Waals surface area contributed by atoms with Gasteiger partial charge in [0, 0.05) is 12.8 Å². The quantitative estimate of drug-likeness (QED) is 0.187. The van der Waals surface area contributed by atoms with E-state index in [1.807, 2.05) is 19.9 Å². The minimum Gasteiger partial charge on any atom is -0.461 e. The maximum Gasteiger partial charge on any atom is 0.459 e. The molecule has 1 aromatic carbocycles. The van der Waals surface area contributed by atoms with Gasteiger partial charge >= 0.3 is 13.7 Å². The van der Waals surface area contributed by atoms with Crippen LogP contribution in [0.3, 0.4) is 0 Å². The molecule has 16 heteroatoms. The summed E-state index contributed by atoms with van der Waals surface area (Å²) < 4.78 is 44.1. The van der Waals surface area contributed by atoms with Crippen molar-refractivity contribution in [3.8, 4) is 11.8 Å². The highest BCUT2D eigenvalue weighted by atomic mass is 31.2. The Hall–Kier alpha value is -3.61. The Labute approximate surface area is 253 Å². The normalized spacial score (nSPS) is 28.5. The zero-order valence-electron chi connectivity index (χ0n) is 24.4. The molecular weight excluding hydrogens is 595 g/mol. The Balaban J connectivity index is 1.34. The molecule has 5 N–H and O–H groups in total. The Morgan fingerprint density at radius 2 is 2.05 bits per heavy atom. The molecule has 7 atom stereocenters. The third-order valence-electron chi connectivity index (χ3n) is 7.50. The molecule has 2 aliphatic heterocycles. The molecule has 0 aliphatic carbocycles. The van der Waals surface area contributed by atoms with Crippen LogP contribution in [0.1, 0.15) is 45.4 Å². The van der Waals surface area contributed by atoms with Crippen molar-refractivity contribution in [3.63, 3.8) is 0 Å². The van der Waals surface area contributed by atoms with Gasteiger partial charge in [0.2, 0.25) is 5.60 Å². The average molecular weight is 631 g/mol. The Bertz CT molecular complexity index is 1580. The SMILES string of the molecule is CC(NP(=O)(OC[C@@]1(C#N)O[C@@H](c2ccc3c(N)ncnn23)[C@H](O)[C@@H]1O)Oc1ccccc1)C(=O)OC1CCOC(C)(C)C1. The van der Waals surface area contributed by atoms with Crippen LogP contribution in [0.15, 0.2) is 48.8 Å². The number of para-hydroxylation sites is 1. The van der Waals surface area contributed by atoms with Crippen molar-refractivity contribution in [2.45, 2.75) is 75.3 Å². The number of carbonyl (C=O) groups excluding carboxylic acids is 1. The van der Waals surface area contributed by atoms with Gasteiger partial charge in [-0.05, 0) is 45.0 Å². The summed E-state index contributed by atoms with van der Waals surface area (Å²) in [5.74, 6) is -0.381. The lowest BCUT2D eigenvalue weighted by Gasteiger charge is -2.35. The van der Waals surface area contributed by atoms with Gasteiger partial charge in [0.1, 0.15) is 60.7 Å². The number of nitrogens with one attached hydrogen (secondary N) is 1. The third-order valence-corrected chi connectivity index (χ3v) is 9.12. The number of aliphatic hydroxyl groups excluding tert-OH is 2. The first-order chi connectivity index (χ1) is 20.9. The van der Waals surface area contributed by atoms with E-state index in [2.05, 4.69) is 15.2 Å². The summed E-state index contributed by atoms with van der Waals surface area (Å²) in [5.41, 5.74) is 3.96. The predicted molar refractivity (Wildman–Crippen MR) is 154 cm³/mol. The number of hydrogen-bond donors (Lipinski definition) is 4. The summed E-state index contributed by atoms with van der Waals surface area (Å²) in [6.45, 7) is 4.85.